The van der Waals surface area contributed by atoms with E-state index < -0.39 is 5.97 Å². The van der Waals surface area contributed by atoms with Gasteiger partial charge in [0, 0.05) is 11.3 Å². The SMILES string of the molecule is COC(=O)c1occc1CSC(C)C(=O)OC. The quantitative estimate of drug-likeness (QED) is 0.751. The highest BCUT2D eigenvalue weighted by molar-refractivity contribution is 7.99. The molecule has 1 heterocycles. The van der Waals surface area contributed by atoms with Crippen LogP contribution < -0.4 is 0 Å². The first kappa shape index (κ1) is 13.6. The van der Waals surface area contributed by atoms with Gasteiger partial charge in [-0.25, -0.2) is 4.79 Å². The molecule has 5 nitrogen and oxygen atoms in total. The summed E-state index contributed by atoms with van der Waals surface area (Å²) in [5.41, 5.74) is 0.706. The van der Waals surface area contributed by atoms with E-state index in [1.54, 1.807) is 13.0 Å². The van der Waals surface area contributed by atoms with E-state index in [0.717, 1.165) is 0 Å². The van der Waals surface area contributed by atoms with E-state index in [9.17, 15) is 9.59 Å². The van der Waals surface area contributed by atoms with Gasteiger partial charge in [0.05, 0.1) is 25.7 Å². The Morgan fingerprint density at radius 2 is 2.12 bits per heavy atom. The molecule has 1 unspecified atom stereocenters. The predicted molar refractivity (Wildman–Crippen MR) is 62.8 cm³/mol. The van der Waals surface area contributed by atoms with Crippen LogP contribution in [0.2, 0.25) is 0 Å². The molecule has 0 N–H and O–H groups in total. The number of rotatable bonds is 5. The van der Waals surface area contributed by atoms with Gasteiger partial charge in [0.15, 0.2) is 0 Å². The maximum Gasteiger partial charge on any atom is 0.374 e. The number of hydrogen-bond donors (Lipinski definition) is 0. The van der Waals surface area contributed by atoms with Gasteiger partial charge in [-0.2, -0.15) is 0 Å². The number of thioether (sulfide) groups is 1. The molecule has 0 saturated carbocycles. The highest BCUT2D eigenvalue weighted by Crippen LogP contribution is 2.22. The fraction of sp³-hybridized carbons (Fsp3) is 0.455. The van der Waals surface area contributed by atoms with Crippen molar-refractivity contribution in [3.05, 3.63) is 23.7 Å². The molecule has 0 saturated heterocycles. The van der Waals surface area contributed by atoms with Gasteiger partial charge in [-0.1, -0.05) is 0 Å². The highest BCUT2D eigenvalue weighted by atomic mass is 32.2. The number of furan rings is 1. The summed E-state index contributed by atoms with van der Waals surface area (Å²) in [6, 6.07) is 1.68. The largest absolute Gasteiger partial charge is 0.468 e. The molecule has 1 rings (SSSR count). The van der Waals surface area contributed by atoms with Gasteiger partial charge in [-0.3, -0.25) is 4.79 Å². The molecule has 0 aromatic carbocycles. The van der Waals surface area contributed by atoms with E-state index in [1.165, 1.54) is 32.2 Å². The zero-order valence-electron chi connectivity index (χ0n) is 9.89. The number of carbonyl (C=O) groups excluding carboxylic acids is 2. The summed E-state index contributed by atoms with van der Waals surface area (Å²) in [6.07, 6.45) is 1.42. The van der Waals surface area contributed by atoms with Crippen molar-refractivity contribution in [1.29, 1.82) is 0 Å². The van der Waals surface area contributed by atoms with Crippen molar-refractivity contribution in [3.63, 3.8) is 0 Å². The Balaban J connectivity index is 2.61. The Labute approximate surface area is 103 Å². The molecule has 17 heavy (non-hydrogen) atoms. The number of carbonyl (C=O) groups is 2. The molecule has 0 aliphatic carbocycles. The molecule has 0 fully saturated rings. The molecule has 0 amide bonds. The standard InChI is InChI=1S/C11H14O5S/c1-7(10(12)14-2)17-6-8-4-5-16-9(8)11(13)15-3/h4-5,7H,6H2,1-3H3. The zero-order chi connectivity index (χ0) is 12.8. The van der Waals surface area contributed by atoms with Gasteiger partial charge < -0.3 is 13.9 Å². The van der Waals surface area contributed by atoms with Gasteiger partial charge in [0.25, 0.3) is 0 Å². The highest BCUT2D eigenvalue weighted by Gasteiger charge is 2.19. The number of esters is 2. The lowest BCUT2D eigenvalue weighted by Crippen LogP contribution is -2.15. The molecule has 1 aromatic rings. The van der Waals surface area contributed by atoms with E-state index in [-0.39, 0.29) is 17.0 Å². The topological polar surface area (TPSA) is 65.7 Å². The minimum atomic E-state index is -0.517. The van der Waals surface area contributed by atoms with Crippen molar-refractivity contribution in [2.75, 3.05) is 14.2 Å². The normalized spacial score (nSPS) is 11.9. The average Bonchev–Trinajstić information content (AvgIpc) is 2.82. The number of ether oxygens (including phenoxy) is 2. The van der Waals surface area contributed by atoms with Crippen molar-refractivity contribution in [2.45, 2.75) is 17.9 Å². The second-order valence-electron chi connectivity index (χ2n) is 3.24. The molecule has 1 aromatic heterocycles. The Morgan fingerprint density at radius 1 is 1.41 bits per heavy atom. The summed E-state index contributed by atoms with van der Waals surface area (Å²) in [6.45, 7) is 1.74. The third-order valence-corrected chi connectivity index (χ3v) is 3.31. The van der Waals surface area contributed by atoms with Crippen LogP contribution in [0.15, 0.2) is 16.7 Å². The van der Waals surface area contributed by atoms with Crippen LogP contribution in [-0.2, 0) is 20.0 Å². The molecule has 94 valence electrons. The van der Waals surface area contributed by atoms with E-state index >= 15 is 0 Å². The van der Waals surface area contributed by atoms with Crippen molar-refractivity contribution >= 4 is 23.7 Å². The van der Waals surface area contributed by atoms with Crippen LogP contribution in [0, 0.1) is 0 Å². The third-order valence-electron chi connectivity index (χ3n) is 2.14. The lowest BCUT2D eigenvalue weighted by atomic mass is 10.3. The molecule has 0 radical (unpaired) electrons. The minimum Gasteiger partial charge on any atom is -0.468 e. The van der Waals surface area contributed by atoms with Crippen LogP contribution >= 0.6 is 11.8 Å². The maximum absolute atomic E-state index is 11.3. The van der Waals surface area contributed by atoms with Crippen molar-refractivity contribution in [3.8, 4) is 0 Å². The molecule has 1 atom stereocenters. The van der Waals surface area contributed by atoms with Crippen LogP contribution in [-0.4, -0.2) is 31.4 Å². The fourth-order valence-corrected chi connectivity index (χ4v) is 2.06. The lowest BCUT2D eigenvalue weighted by Gasteiger charge is -2.08. The molecule has 0 aliphatic heterocycles. The van der Waals surface area contributed by atoms with E-state index in [4.69, 9.17) is 4.42 Å². The maximum atomic E-state index is 11.3. The van der Waals surface area contributed by atoms with Gasteiger partial charge in [0.2, 0.25) is 5.76 Å². The lowest BCUT2D eigenvalue weighted by molar-refractivity contribution is -0.139. The second-order valence-corrected chi connectivity index (χ2v) is 4.57. The van der Waals surface area contributed by atoms with Crippen molar-refractivity contribution < 1.29 is 23.5 Å². The molecular weight excluding hydrogens is 244 g/mol. The zero-order valence-corrected chi connectivity index (χ0v) is 10.7. The summed E-state index contributed by atoms with van der Waals surface area (Å²) < 4.78 is 14.2. The monoisotopic (exact) mass is 258 g/mol. The Hall–Kier alpha value is -1.43. The molecule has 6 heteroatoms. The summed E-state index contributed by atoms with van der Waals surface area (Å²) >= 11 is 1.37. The number of hydrogen-bond acceptors (Lipinski definition) is 6. The average molecular weight is 258 g/mol. The molecular formula is C11H14O5S. The smallest absolute Gasteiger partial charge is 0.374 e. The van der Waals surface area contributed by atoms with E-state index in [0.29, 0.717) is 11.3 Å². The number of methoxy groups -OCH3 is 2. The molecule has 0 aliphatic rings. The first-order valence-corrected chi connectivity index (χ1v) is 5.99. The van der Waals surface area contributed by atoms with E-state index in [2.05, 4.69) is 9.47 Å². The van der Waals surface area contributed by atoms with Gasteiger partial charge in [0.1, 0.15) is 0 Å². The van der Waals surface area contributed by atoms with Gasteiger partial charge in [-0.15, -0.1) is 11.8 Å². The van der Waals surface area contributed by atoms with Crippen LogP contribution in [0.25, 0.3) is 0 Å². The Morgan fingerprint density at radius 3 is 2.71 bits per heavy atom. The van der Waals surface area contributed by atoms with E-state index in [1.807, 2.05) is 0 Å². The summed E-state index contributed by atoms with van der Waals surface area (Å²) in [4.78, 5) is 22.5. The summed E-state index contributed by atoms with van der Waals surface area (Å²) in [7, 11) is 2.63. The fourth-order valence-electron chi connectivity index (χ4n) is 1.17. The van der Waals surface area contributed by atoms with Gasteiger partial charge >= 0.3 is 11.9 Å². The third kappa shape index (κ3) is 3.52. The summed E-state index contributed by atoms with van der Waals surface area (Å²) in [5.74, 6) is -0.150. The Kier molecular flexibility index (Phi) is 5.09. The first-order valence-electron chi connectivity index (χ1n) is 4.94. The minimum absolute atomic E-state index is 0.178. The summed E-state index contributed by atoms with van der Waals surface area (Å²) in [5, 5.41) is -0.291. The van der Waals surface area contributed by atoms with Crippen LogP contribution in [0.1, 0.15) is 23.0 Å². The second kappa shape index (κ2) is 6.34. The van der Waals surface area contributed by atoms with Gasteiger partial charge in [-0.05, 0) is 13.0 Å². The van der Waals surface area contributed by atoms with Crippen LogP contribution in [0.3, 0.4) is 0 Å². The predicted octanol–water partition coefficient (Wildman–Crippen LogP) is 1.86. The molecule has 0 bridgehead atoms. The Bertz CT molecular complexity index is 398. The van der Waals surface area contributed by atoms with Crippen molar-refractivity contribution in [1.82, 2.24) is 0 Å². The first-order chi connectivity index (χ1) is 8.10. The van der Waals surface area contributed by atoms with Crippen LogP contribution in [0.5, 0.6) is 0 Å². The molecule has 0 spiro atoms. The van der Waals surface area contributed by atoms with Crippen LogP contribution in [0.4, 0.5) is 0 Å². The van der Waals surface area contributed by atoms with Crippen molar-refractivity contribution in [2.24, 2.45) is 0 Å².